The van der Waals surface area contributed by atoms with E-state index in [1.807, 2.05) is 24.3 Å². The molecule has 0 aromatic carbocycles. The summed E-state index contributed by atoms with van der Waals surface area (Å²) >= 11 is 3.36. The van der Waals surface area contributed by atoms with Crippen LogP contribution in [0.15, 0.2) is 42.9 Å². The Labute approximate surface area is 96.3 Å². The summed E-state index contributed by atoms with van der Waals surface area (Å²) in [7, 11) is 0. The van der Waals surface area contributed by atoms with Crippen molar-refractivity contribution in [1.29, 1.82) is 0 Å². The molecule has 0 amide bonds. The fourth-order valence-electron chi connectivity index (χ4n) is 1.08. The summed E-state index contributed by atoms with van der Waals surface area (Å²) < 4.78 is 5.49. The van der Waals surface area contributed by atoms with Gasteiger partial charge in [0, 0.05) is 23.8 Å². The number of alkyl halides is 1. The van der Waals surface area contributed by atoms with Crippen molar-refractivity contribution in [3.8, 4) is 11.6 Å². The minimum atomic E-state index is 0.577. The van der Waals surface area contributed by atoms with E-state index in [9.17, 15) is 0 Å². The van der Waals surface area contributed by atoms with Crippen LogP contribution in [0.1, 0.15) is 5.56 Å². The summed E-state index contributed by atoms with van der Waals surface area (Å²) in [5.41, 5.74) is 1.12. The van der Waals surface area contributed by atoms with Crippen molar-refractivity contribution in [2.45, 2.75) is 5.33 Å². The predicted molar refractivity (Wildman–Crippen MR) is 61.2 cm³/mol. The van der Waals surface area contributed by atoms with Gasteiger partial charge in [-0.3, -0.25) is 4.98 Å². The first-order chi connectivity index (χ1) is 7.38. The molecule has 3 nitrogen and oxygen atoms in total. The van der Waals surface area contributed by atoms with Gasteiger partial charge in [-0.15, -0.1) is 0 Å². The summed E-state index contributed by atoms with van der Waals surface area (Å²) in [5, 5.41) is 0.799. The zero-order valence-electron chi connectivity index (χ0n) is 7.93. The summed E-state index contributed by atoms with van der Waals surface area (Å²) in [4.78, 5) is 8.12. The van der Waals surface area contributed by atoms with Crippen molar-refractivity contribution in [2.75, 3.05) is 0 Å². The van der Waals surface area contributed by atoms with Crippen molar-refractivity contribution in [2.24, 2.45) is 0 Å². The van der Waals surface area contributed by atoms with E-state index in [1.165, 1.54) is 0 Å². The van der Waals surface area contributed by atoms with Gasteiger partial charge >= 0.3 is 0 Å². The number of rotatable bonds is 3. The number of aromatic nitrogens is 2. The fourth-order valence-corrected chi connectivity index (χ4v) is 1.41. The van der Waals surface area contributed by atoms with E-state index in [0.717, 1.165) is 10.9 Å². The maximum atomic E-state index is 5.49. The Bertz CT molecular complexity index is 416. The van der Waals surface area contributed by atoms with Gasteiger partial charge in [0.15, 0.2) is 0 Å². The lowest BCUT2D eigenvalue weighted by Gasteiger charge is -2.03. The third-order valence-corrected chi connectivity index (χ3v) is 2.46. The Kier molecular flexibility index (Phi) is 3.29. The van der Waals surface area contributed by atoms with Crippen LogP contribution in [0.4, 0.5) is 0 Å². The summed E-state index contributed by atoms with van der Waals surface area (Å²) in [5.74, 6) is 1.27. The van der Waals surface area contributed by atoms with Crippen LogP contribution >= 0.6 is 15.9 Å². The molecule has 2 aromatic rings. The first-order valence-electron chi connectivity index (χ1n) is 4.47. The lowest BCUT2D eigenvalue weighted by atomic mass is 10.3. The molecule has 4 heteroatoms. The van der Waals surface area contributed by atoms with Gasteiger partial charge in [-0.1, -0.05) is 22.0 Å². The average molecular weight is 265 g/mol. The van der Waals surface area contributed by atoms with Crippen molar-refractivity contribution in [1.82, 2.24) is 9.97 Å². The highest BCUT2D eigenvalue weighted by Crippen LogP contribution is 2.18. The smallest absolute Gasteiger partial charge is 0.219 e. The summed E-state index contributed by atoms with van der Waals surface area (Å²) in [6.45, 7) is 0. The fraction of sp³-hybridized carbons (Fsp3) is 0.0909. The number of hydrogen-bond acceptors (Lipinski definition) is 3. The predicted octanol–water partition coefficient (Wildman–Crippen LogP) is 3.16. The van der Waals surface area contributed by atoms with Crippen molar-refractivity contribution >= 4 is 15.9 Å². The monoisotopic (exact) mass is 264 g/mol. The van der Waals surface area contributed by atoms with E-state index in [1.54, 1.807) is 18.6 Å². The molecule has 0 atom stereocenters. The van der Waals surface area contributed by atoms with Gasteiger partial charge in [0.25, 0.3) is 0 Å². The van der Waals surface area contributed by atoms with Crippen LogP contribution in [0, 0.1) is 0 Å². The molecule has 0 aliphatic rings. The Hall–Kier alpha value is -1.42. The number of hydrogen-bond donors (Lipinski definition) is 0. The summed E-state index contributed by atoms with van der Waals surface area (Å²) in [6.07, 6.45) is 5.13. The molecule has 0 saturated carbocycles. The highest BCUT2D eigenvalue weighted by Gasteiger charge is 1.97. The third kappa shape index (κ3) is 2.76. The quantitative estimate of drug-likeness (QED) is 0.799. The second-order valence-electron chi connectivity index (χ2n) is 2.93. The highest BCUT2D eigenvalue weighted by atomic mass is 79.9. The molecule has 0 spiro atoms. The number of ether oxygens (including phenoxy) is 1. The molecule has 2 heterocycles. The van der Waals surface area contributed by atoms with Crippen LogP contribution in [-0.2, 0) is 5.33 Å². The van der Waals surface area contributed by atoms with Gasteiger partial charge in [0.1, 0.15) is 5.75 Å². The van der Waals surface area contributed by atoms with Crippen LogP contribution in [0.5, 0.6) is 11.6 Å². The number of nitrogens with zero attached hydrogens (tertiary/aromatic N) is 2. The van der Waals surface area contributed by atoms with Gasteiger partial charge in [0.05, 0.1) is 6.20 Å². The molecule has 0 aliphatic heterocycles. The lowest BCUT2D eigenvalue weighted by Crippen LogP contribution is -1.88. The Morgan fingerprint density at radius 3 is 2.73 bits per heavy atom. The largest absolute Gasteiger partial charge is 0.437 e. The van der Waals surface area contributed by atoms with Gasteiger partial charge in [-0.25, -0.2) is 4.98 Å². The van der Waals surface area contributed by atoms with Crippen LogP contribution in [-0.4, -0.2) is 9.97 Å². The molecule has 0 fully saturated rings. The van der Waals surface area contributed by atoms with Crippen LogP contribution in [0.3, 0.4) is 0 Å². The maximum absolute atomic E-state index is 5.49. The zero-order valence-corrected chi connectivity index (χ0v) is 9.52. The molecule has 2 aromatic heterocycles. The topological polar surface area (TPSA) is 35.0 Å². The molecule has 0 saturated heterocycles. The highest BCUT2D eigenvalue weighted by molar-refractivity contribution is 9.08. The van der Waals surface area contributed by atoms with E-state index >= 15 is 0 Å². The lowest BCUT2D eigenvalue weighted by molar-refractivity contribution is 0.460. The zero-order chi connectivity index (χ0) is 10.5. The molecule has 0 N–H and O–H groups in total. The van der Waals surface area contributed by atoms with E-state index < -0.39 is 0 Å². The Morgan fingerprint density at radius 1 is 1.20 bits per heavy atom. The second-order valence-corrected chi connectivity index (χ2v) is 3.49. The van der Waals surface area contributed by atoms with E-state index in [4.69, 9.17) is 4.74 Å². The van der Waals surface area contributed by atoms with Crippen molar-refractivity contribution in [3.05, 3.63) is 48.4 Å². The van der Waals surface area contributed by atoms with Crippen LogP contribution < -0.4 is 4.74 Å². The first kappa shape index (κ1) is 10.1. The van der Waals surface area contributed by atoms with E-state index in [0.29, 0.717) is 11.6 Å². The molecule has 0 bridgehead atoms. The van der Waals surface area contributed by atoms with Gasteiger partial charge < -0.3 is 4.74 Å². The Morgan fingerprint density at radius 2 is 2.13 bits per heavy atom. The molecular formula is C11H9BrN2O. The third-order valence-electron chi connectivity index (χ3n) is 1.81. The summed E-state index contributed by atoms with van der Waals surface area (Å²) in [6, 6.07) is 7.46. The average Bonchev–Trinajstić information content (AvgIpc) is 2.31. The molecule has 0 aliphatic carbocycles. The molecule has 76 valence electrons. The number of pyridine rings is 2. The first-order valence-corrected chi connectivity index (χ1v) is 5.59. The molecular weight excluding hydrogens is 256 g/mol. The van der Waals surface area contributed by atoms with Crippen molar-refractivity contribution < 1.29 is 4.74 Å². The second kappa shape index (κ2) is 4.89. The van der Waals surface area contributed by atoms with Crippen molar-refractivity contribution in [3.63, 3.8) is 0 Å². The number of halogens is 1. The molecule has 15 heavy (non-hydrogen) atoms. The van der Waals surface area contributed by atoms with Gasteiger partial charge in [-0.05, 0) is 17.7 Å². The minimum Gasteiger partial charge on any atom is -0.437 e. The normalized spacial score (nSPS) is 9.93. The molecule has 0 unspecified atom stereocenters. The van der Waals surface area contributed by atoms with Gasteiger partial charge in [-0.2, -0.15) is 0 Å². The Balaban J connectivity index is 2.11. The molecule has 2 rings (SSSR count). The molecule has 0 radical (unpaired) electrons. The minimum absolute atomic E-state index is 0.577. The van der Waals surface area contributed by atoms with Crippen LogP contribution in [0.25, 0.3) is 0 Å². The maximum Gasteiger partial charge on any atom is 0.219 e. The van der Waals surface area contributed by atoms with Gasteiger partial charge in [0.2, 0.25) is 5.88 Å². The van der Waals surface area contributed by atoms with E-state index in [2.05, 4.69) is 25.9 Å². The van der Waals surface area contributed by atoms with Crippen LogP contribution in [0.2, 0.25) is 0 Å². The SMILES string of the molecule is BrCc1ccc(Oc2cccnc2)nc1. The standard InChI is InChI=1S/C11H9BrN2O/c12-6-9-3-4-11(14-7-9)15-10-2-1-5-13-8-10/h1-5,7-8H,6H2. The van der Waals surface area contributed by atoms with E-state index in [-0.39, 0.29) is 0 Å².